The lowest BCUT2D eigenvalue weighted by atomic mass is 9.82. The molecular weight excluding hydrogens is 234 g/mol. The van der Waals surface area contributed by atoms with Gasteiger partial charge in [-0.05, 0) is 20.3 Å². The zero-order chi connectivity index (χ0) is 14.6. The molecule has 0 aromatic rings. The normalized spacial score (nSPS) is 13.8. The van der Waals surface area contributed by atoms with Crippen LogP contribution in [0.25, 0.3) is 0 Å². The van der Waals surface area contributed by atoms with Gasteiger partial charge in [-0.25, -0.2) is 0 Å². The van der Waals surface area contributed by atoms with Crippen molar-refractivity contribution in [2.75, 3.05) is 0 Å². The lowest BCUT2D eigenvalue weighted by Crippen LogP contribution is -2.23. The summed E-state index contributed by atoms with van der Waals surface area (Å²) in [7, 11) is 0. The Bertz CT molecular complexity index is 279. The summed E-state index contributed by atoms with van der Waals surface area (Å²) < 4.78 is 0. The van der Waals surface area contributed by atoms with Crippen molar-refractivity contribution in [3.63, 3.8) is 0 Å². The van der Waals surface area contributed by atoms with Crippen LogP contribution in [-0.4, -0.2) is 5.78 Å². The van der Waals surface area contributed by atoms with Gasteiger partial charge in [0.2, 0.25) is 0 Å². The summed E-state index contributed by atoms with van der Waals surface area (Å²) in [5.41, 5.74) is -0.750. The zero-order valence-corrected chi connectivity index (χ0v) is 13.1. The number of Topliss-reactive ketones (excluding diaryl/α,β-unsaturated/α-hetero) is 1. The van der Waals surface area contributed by atoms with Crippen LogP contribution in [0.3, 0.4) is 0 Å². The fourth-order valence-corrected chi connectivity index (χ4v) is 2.28. The van der Waals surface area contributed by atoms with E-state index in [0.29, 0.717) is 0 Å². The summed E-state index contributed by atoms with van der Waals surface area (Å²) in [6, 6.07) is 2.16. The van der Waals surface area contributed by atoms with Gasteiger partial charge in [0.1, 0.15) is 11.2 Å². The van der Waals surface area contributed by atoms with E-state index in [9.17, 15) is 4.79 Å². The zero-order valence-electron chi connectivity index (χ0n) is 13.1. The quantitative estimate of drug-likeness (QED) is 0.442. The molecule has 0 fully saturated rings. The van der Waals surface area contributed by atoms with Crippen LogP contribution in [0.15, 0.2) is 0 Å². The van der Waals surface area contributed by atoms with Crippen LogP contribution in [-0.2, 0) is 4.79 Å². The number of nitriles is 1. The van der Waals surface area contributed by atoms with Gasteiger partial charge in [0.15, 0.2) is 0 Å². The van der Waals surface area contributed by atoms with E-state index in [-0.39, 0.29) is 5.78 Å². The third-order valence-electron chi connectivity index (χ3n) is 4.05. The molecular formula is C17H31NO. The van der Waals surface area contributed by atoms with Crippen LogP contribution >= 0.6 is 0 Å². The number of nitrogens with zero attached hydrogens (tertiary/aromatic N) is 1. The fourth-order valence-electron chi connectivity index (χ4n) is 2.28. The Balaban J connectivity index is 3.41. The Hall–Kier alpha value is -0.840. The highest BCUT2D eigenvalue weighted by Crippen LogP contribution is 2.25. The van der Waals surface area contributed by atoms with Crippen molar-refractivity contribution in [2.24, 2.45) is 5.41 Å². The predicted octanol–water partition coefficient (Wildman–Crippen LogP) is 5.42. The van der Waals surface area contributed by atoms with E-state index in [1.807, 2.05) is 0 Å². The standard InChI is InChI=1S/C17H31NO/c1-4-5-6-7-8-9-10-11-12-13-14-17(3,15-18)16(2)19/h4-14H2,1-3H3. The molecule has 0 aliphatic heterocycles. The van der Waals surface area contributed by atoms with Gasteiger partial charge in [0.05, 0.1) is 6.07 Å². The molecule has 2 nitrogen and oxygen atoms in total. The third-order valence-corrected chi connectivity index (χ3v) is 4.05. The van der Waals surface area contributed by atoms with Crippen molar-refractivity contribution in [2.45, 2.75) is 91.4 Å². The van der Waals surface area contributed by atoms with Crippen molar-refractivity contribution in [3.8, 4) is 6.07 Å². The summed E-state index contributed by atoms with van der Waals surface area (Å²) in [5.74, 6) is 0.00549. The maximum absolute atomic E-state index is 11.4. The van der Waals surface area contributed by atoms with Gasteiger partial charge in [0.25, 0.3) is 0 Å². The minimum Gasteiger partial charge on any atom is -0.298 e. The van der Waals surface area contributed by atoms with Gasteiger partial charge >= 0.3 is 0 Å². The summed E-state index contributed by atoms with van der Waals surface area (Å²) in [6.45, 7) is 5.54. The molecule has 0 rings (SSSR count). The highest BCUT2D eigenvalue weighted by molar-refractivity contribution is 5.84. The molecule has 0 aliphatic carbocycles. The average molecular weight is 265 g/mol. The Kier molecular flexibility index (Phi) is 10.5. The Morgan fingerprint density at radius 2 is 1.37 bits per heavy atom. The number of carbonyl (C=O) groups is 1. The SMILES string of the molecule is CCCCCCCCCCCCC(C)(C#N)C(C)=O. The first-order valence-corrected chi connectivity index (χ1v) is 7.99. The molecule has 0 saturated carbocycles. The predicted molar refractivity (Wildman–Crippen MR) is 80.9 cm³/mol. The number of ketones is 1. The maximum Gasteiger partial charge on any atom is 0.149 e. The van der Waals surface area contributed by atoms with Gasteiger partial charge < -0.3 is 0 Å². The number of carbonyl (C=O) groups excluding carboxylic acids is 1. The molecule has 0 saturated heterocycles. The van der Waals surface area contributed by atoms with Crippen LogP contribution in [0.1, 0.15) is 91.4 Å². The highest BCUT2D eigenvalue weighted by Gasteiger charge is 2.28. The number of rotatable bonds is 12. The van der Waals surface area contributed by atoms with E-state index >= 15 is 0 Å². The summed E-state index contributed by atoms with van der Waals surface area (Å²) >= 11 is 0. The summed E-state index contributed by atoms with van der Waals surface area (Å²) in [4.78, 5) is 11.4. The van der Waals surface area contributed by atoms with E-state index in [4.69, 9.17) is 5.26 Å². The first-order valence-electron chi connectivity index (χ1n) is 7.99. The second-order valence-corrected chi connectivity index (χ2v) is 5.93. The maximum atomic E-state index is 11.4. The lowest BCUT2D eigenvalue weighted by molar-refractivity contribution is -0.123. The van der Waals surface area contributed by atoms with E-state index in [0.717, 1.165) is 19.3 Å². The van der Waals surface area contributed by atoms with Crippen LogP contribution in [0.5, 0.6) is 0 Å². The molecule has 1 unspecified atom stereocenters. The molecule has 0 aromatic carbocycles. The minimum absolute atomic E-state index is 0.00549. The van der Waals surface area contributed by atoms with Crippen LogP contribution < -0.4 is 0 Å². The van der Waals surface area contributed by atoms with Crippen molar-refractivity contribution in [1.82, 2.24) is 0 Å². The number of hydrogen-bond donors (Lipinski definition) is 0. The third kappa shape index (κ3) is 8.81. The Morgan fingerprint density at radius 1 is 0.947 bits per heavy atom. The minimum atomic E-state index is -0.750. The van der Waals surface area contributed by atoms with Gasteiger partial charge in [-0.2, -0.15) is 5.26 Å². The van der Waals surface area contributed by atoms with E-state index in [2.05, 4.69) is 13.0 Å². The smallest absolute Gasteiger partial charge is 0.149 e. The van der Waals surface area contributed by atoms with Crippen molar-refractivity contribution in [1.29, 1.82) is 5.26 Å². The van der Waals surface area contributed by atoms with Crippen molar-refractivity contribution >= 4 is 5.78 Å². The van der Waals surface area contributed by atoms with Crippen molar-refractivity contribution < 1.29 is 4.79 Å². The Labute approximate surface area is 119 Å². The molecule has 19 heavy (non-hydrogen) atoms. The molecule has 0 amide bonds. The molecule has 2 heteroatoms. The second kappa shape index (κ2) is 11.0. The van der Waals surface area contributed by atoms with E-state index in [1.165, 1.54) is 58.3 Å². The van der Waals surface area contributed by atoms with Gasteiger partial charge in [-0.3, -0.25) is 4.79 Å². The monoisotopic (exact) mass is 265 g/mol. The Morgan fingerprint density at radius 3 is 1.74 bits per heavy atom. The van der Waals surface area contributed by atoms with Gasteiger partial charge in [-0.15, -0.1) is 0 Å². The molecule has 0 heterocycles. The molecule has 0 bridgehead atoms. The summed E-state index contributed by atoms with van der Waals surface area (Å²) in [6.07, 6.45) is 13.6. The fraction of sp³-hybridized carbons (Fsp3) is 0.882. The largest absolute Gasteiger partial charge is 0.298 e. The lowest BCUT2D eigenvalue weighted by Gasteiger charge is -2.17. The molecule has 0 spiro atoms. The second-order valence-electron chi connectivity index (χ2n) is 5.93. The van der Waals surface area contributed by atoms with Crippen molar-refractivity contribution in [3.05, 3.63) is 0 Å². The van der Waals surface area contributed by atoms with Crippen LogP contribution in [0.2, 0.25) is 0 Å². The average Bonchev–Trinajstić information content (AvgIpc) is 2.40. The topological polar surface area (TPSA) is 40.9 Å². The molecule has 1 atom stereocenters. The van der Waals surface area contributed by atoms with E-state index in [1.54, 1.807) is 6.92 Å². The molecule has 0 aliphatic rings. The number of unbranched alkanes of at least 4 members (excludes halogenated alkanes) is 9. The molecule has 0 N–H and O–H groups in total. The highest BCUT2D eigenvalue weighted by atomic mass is 16.1. The van der Waals surface area contributed by atoms with Gasteiger partial charge in [-0.1, -0.05) is 71.1 Å². The first-order chi connectivity index (χ1) is 9.06. The van der Waals surface area contributed by atoms with Gasteiger partial charge in [0, 0.05) is 0 Å². The summed E-state index contributed by atoms with van der Waals surface area (Å²) in [5, 5.41) is 9.03. The van der Waals surface area contributed by atoms with E-state index < -0.39 is 5.41 Å². The van der Waals surface area contributed by atoms with Crippen LogP contribution in [0, 0.1) is 16.7 Å². The van der Waals surface area contributed by atoms with Crippen LogP contribution in [0.4, 0.5) is 0 Å². The molecule has 110 valence electrons. The molecule has 0 radical (unpaired) electrons. The molecule has 0 aromatic heterocycles. The first kappa shape index (κ1) is 18.2. The number of hydrogen-bond acceptors (Lipinski definition) is 2.